The second kappa shape index (κ2) is 8.63. The molecular formula is C24H22F2N8O2. The summed E-state index contributed by atoms with van der Waals surface area (Å²) in [6.07, 6.45) is 2.43. The Morgan fingerprint density at radius 3 is 2.81 bits per heavy atom. The maximum Gasteiger partial charge on any atom is 0.274 e. The summed E-state index contributed by atoms with van der Waals surface area (Å²) in [5.41, 5.74) is 8.70. The number of amidine groups is 2. The minimum atomic E-state index is -2.68. The highest BCUT2D eigenvalue weighted by Crippen LogP contribution is 2.48. The molecule has 3 heterocycles. The number of pyridine rings is 1. The fourth-order valence-electron chi connectivity index (χ4n) is 3.97. The zero-order chi connectivity index (χ0) is 25.6. The molecule has 1 aromatic carbocycles. The number of rotatable bonds is 5. The monoisotopic (exact) mass is 492 g/mol. The molecule has 0 aliphatic heterocycles. The van der Waals surface area contributed by atoms with E-state index in [-0.39, 0.29) is 41.9 Å². The molecule has 1 amide bonds. The number of hydrogen-bond donors (Lipinski definition) is 3. The third kappa shape index (κ3) is 4.44. The Labute approximate surface area is 203 Å². The van der Waals surface area contributed by atoms with E-state index < -0.39 is 17.7 Å². The molecule has 0 radical (unpaired) electrons. The van der Waals surface area contributed by atoms with Gasteiger partial charge in [0.05, 0.1) is 12.0 Å². The van der Waals surface area contributed by atoms with E-state index >= 15 is 0 Å². The van der Waals surface area contributed by atoms with Gasteiger partial charge in [0.1, 0.15) is 11.3 Å². The average Bonchev–Trinajstić information content (AvgIpc) is 3.45. The fraction of sp³-hybridized carbons (Fsp3) is 0.250. The van der Waals surface area contributed by atoms with Gasteiger partial charge in [-0.2, -0.15) is 4.98 Å². The standard InChI is InChI=1S/C24H22F2N8O2/c1-12-3-4-14(21-32-23(36-33-21)16-8-24(25,26)9-16)7-17(12)31-22(35)18-10-29-19-6-5-15(11-34(18)19)20(28)30-13(2)27/h3-7,10-11,16H,8-9H2,1-2H3,(H,31,35)(H3,27,28,30). The molecule has 36 heavy (non-hydrogen) atoms. The number of aromatic nitrogens is 4. The highest BCUT2D eigenvalue weighted by molar-refractivity contribution is 6.05. The molecule has 1 saturated carbocycles. The summed E-state index contributed by atoms with van der Waals surface area (Å²) in [6.45, 7) is 3.42. The number of carbonyl (C=O) groups is 1. The van der Waals surface area contributed by atoms with Crippen LogP contribution in [0, 0.1) is 12.3 Å². The molecule has 3 aromatic heterocycles. The van der Waals surface area contributed by atoms with Crippen molar-refractivity contribution >= 4 is 28.9 Å². The van der Waals surface area contributed by atoms with Crippen molar-refractivity contribution in [2.45, 2.75) is 38.5 Å². The van der Waals surface area contributed by atoms with Gasteiger partial charge < -0.3 is 15.6 Å². The normalized spacial score (nSPS) is 15.6. The van der Waals surface area contributed by atoms with E-state index in [1.54, 1.807) is 47.9 Å². The number of carbonyl (C=O) groups excluding carboxylic acids is 1. The van der Waals surface area contributed by atoms with Gasteiger partial charge in [0, 0.05) is 41.8 Å². The van der Waals surface area contributed by atoms with Crippen molar-refractivity contribution in [1.29, 1.82) is 5.41 Å². The number of aliphatic imine (C=N–C) groups is 1. The number of fused-ring (bicyclic) bond motifs is 1. The van der Waals surface area contributed by atoms with Gasteiger partial charge in [-0.1, -0.05) is 17.3 Å². The van der Waals surface area contributed by atoms with Crippen LogP contribution in [0.2, 0.25) is 0 Å². The first-order valence-electron chi connectivity index (χ1n) is 11.1. The predicted octanol–water partition coefficient (Wildman–Crippen LogP) is 4.16. The Kier molecular flexibility index (Phi) is 5.58. The van der Waals surface area contributed by atoms with Crippen molar-refractivity contribution in [3.8, 4) is 11.4 Å². The summed E-state index contributed by atoms with van der Waals surface area (Å²) in [5, 5.41) is 14.9. The van der Waals surface area contributed by atoms with Gasteiger partial charge in [-0.25, -0.2) is 18.8 Å². The zero-order valence-corrected chi connectivity index (χ0v) is 19.4. The molecule has 1 fully saturated rings. The summed E-state index contributed by atoms with van der Waals surface area (Å²) in [5.74, 6) is -2.91. The number of nitrogens with two attached hydrogens (primary N) is 1. The van der Waals surface area contributed by atoms with Crippen molar-refractivity contribution in [3.63, 3.8) is 0 Å². The van der Waals surface area contributed by atoms with E-state index in [0.29, 0.717) is 22.5 Å². The quantitative estimate of drug-likeness (QED) is 0.281. The Morgan fingerprint density at radius 1 is 1.31 bits per heavy atom. The second-order valence-electron chi connectivity index (χ2n) is 8.79. The molecule has 0 bridgehead atoms. The zero-order valence-electron chi connectivity index (χ0n) is 19.4. The van der Waals surface area contributed by atoms with Crippen LogP contribution in [0.5, 0.6) is 0 Å². The van der Waals surface area contributed by atoms with Gasteiger partial charge >= 0.3 is 0 Å². The van der Waals surface area contributed by atoms with Gasteiger partial charge in [-0.05, 0) is 37.6 Å². The van der Waals surface area contributed by atoms with Gasteiger partial charge in [-0.3, -0.25) is 14.6 Å². The van der Waals surface area contributed by atoms with Crippen LogP contribution in [-0.2, 0) is 0 Å². The van der Waals surface area contributed by atoms with Crippen molar-refractivity contribution in [3.05, 3.63) is 65.4 Å². The van der Waals surface area contributed by atoms with Gasteiger partial charge in [0.25, 0.3) is 5.91 Å². The van der Waals surface area contributed by atoms with Crippen LogP contribution < -0.4 is 11.1 Å². The van der Waals surface area contributed by atoms with Crippen molar-refractivity contribution in [2.24, 2.45) is 10.7 Å². The lowest BCUT2D eigenvalue weighted by molar-refractivity contribution is -0.0925. The first-order chi connectivity index (χ1) is 17.1. The Bertz CT molecular complexity index is 1530. The van der Waals surface area contributed by atoms with E-state index in [4.69, 9.17) is 15.7 Å². The van der Waals surface area contributed by atoms with Crippen LogP contribution in [0.15, 0.2) is 52.2 Å². The van der Waals surface area contributed by atoms with Gasteiger partial charge in [0.2, 0.25) is 17.6 Å². The van der Waals surface area contributed by atoms with Crippen LogP contribution in [0.4, 0.5) is 14.5 Å². The first kappa shape index (κ1) is 23.3. The number of halogens is 2. The Balaban J connectivity index is 1.39. The highest BCUT2D eigenvalue weighted by Gasteiger charge is 2.48. The largest absolute Gasteiger partial charge is 0.387 e. The number of alkyl halides is 2. The third-order valence-corrected chi connectivity index (χ3v) is 5.92. The smallest absolute Gasteiger partial charge is 0.274 e. The molecular weight excluding hydrogens is 470 g/mol. The number of nitrogens with one attached hydrogen (secondary N) is 2. The van der Waals surface area contributed by atoms with E-state index in [9.17, 15) is 13.6 Å². The molecule has 1 aliphatic rings. The molecule has 184 valence electrons. The van der Waals surface area contributed by atoms with E-state index in [0.717, 1.165) is 5.56 Å². The number of anilines is 1. The number of aryl methyl sites for hydroxylation is 1. The fourth-order valence-corrected chi connectivity index (χ4v) is 3.97. The van der Waals surface area contributed by atoms with Crippen molar-refractivity contribution in [1.82, 2.24) is 19.5 Å². The first-order valence-corrected chi connectivity index (χ1v) is 11.1. The summed E-state index contributed by atoms with van der Waals surface area (Å²) < 4.78 is 33.2. The highest BCUT2D eigenvalue weighted by atomic mass is 19.3. The number of imidazole rings is 1. The van der Waals surface area contributed by atoms with E-state index in [2.05, 4.69) is 25.4 Å². The summed E-state index contributed by atoms with van der Waals surface area (Å²) >= 11 is 0. The lowest BCUT2D eigenvalue weighted by Gasteiger charge is -2.31. The summed E-state index contributed by atoms with van der Waals surface area (Å²) in [7, 11) is 0. The van der Waals surface area contributed by atoms with Crippen LogP contribution in [0.25, 0.3) is 17.0 Å². The SMILES string of the molecule is CC(N)=NC(=N)c1ccc2ncc(C(=O)Nc3cc(-c4noc(C5CC(F)(F)C5)n4)ccc3C)n2c1. The minimum Gasteiger partial charge on any atom is -0.387 e. The van der Waals surface area contributed by atoms with Gasteiger partial charge in [-0.15, -0.1) is 0 Å². The minimum absolute atomic E-state index is 0.0365. The van der Waals surface area contributed by atoms with Crippen LogP contribution in [0.3, 0.4) is 0 Å². The lowest BCUT2D eigenvalue weighted by atomic mass is 9.81. The average molecular weight is 492 g/mol. The summed E-state index contributed by atoms with van der Waals surface area (Å²) in [4.78, 5) is 25.6. The lowest BCUT2D eigenvalue weighted by Crippen LogP contribution is -2.33. The molecule has 5 rings (SSSR count). The number of amides is 1. The van der Waals surface area contributed by atoms with Crippen molar-refractivity contribution in [2.75, 3.05) is 5.32 Å². The third-order valence-electron chi connectivity index (χ3n) is 5.92. The molecule has 0 spiro atoms. The number of benzene rings is 1. The maximum absolute atomic E-state index is 13.2. The molecule has 0 atom stereocenters. The number of hydrogen-bond acceptors (Lipinski definition) is 6. The maximum atomic E-state index is 13.2. The Hall–Kier alpha value is -4.48. The van der Waals surface area contributed by atoms with Crippen LogP contribution in [0.1, 0.15) is 53.2 Å². The Morgan fingerprint density at radius 2 is 2.08 bits per heavy atom. The van der Waals surface area contributed by atoms with Gasteiger partial charge in [0.15, 0.2) is 5.84 Å². The molecule has 0 unspecified atom stereocenters. The van der Waals surface area contributed by atoms with Crippen LogP contribution >= 0.6 is 0 Å². The van der Waals surface area contributed by atoms with E-state index in [1.165, 1.54) is 6.20 Å². The summed E-state index contributed by atoms with van der Waals surface area (Å²) in [6, 6.07) is 8.61. The van der Waals surface area contributed by atoms with Crippen molar-refractivity contribution < 1.29 is 18.1 Å². The topological polar surface area (TPSA) is 148 Å². The second-order valence-corrected chi connectivity index (χ2v) is 8.79. The number of nitrogens with zero attached hydrogens (tertiary/aromatic N) is 5. The molecule has 10 nitrogen and oxygen atoms in total. The molecule has 12 heteroatoms. The molecule has 1 aliphatic carbocycles. The molecule has 0 saturated heterocycles. The molecule has 4 aromatic rings. The molecule has 4 N–H and O–H groups in total. The van der Waals surface area contributed by atoms with Crippen LogP contribution in [-0.4, -0.2) is 43.0 Å². The van der Waals surface area contributed by atoms with E-state index in [1.807, 2.05) is 6.92 Å². The predicted molar refractivity (Wildman–Crippen MR) is 129 cm³/mol.